The van der Waals surface area contributed by atoms with Crippen LogP contribution in [0.5, 0.6) is 0 Å². The van der Waals surface area contributed by atoms with Crippen LogP contribution < -0.4 is 10.6 Å². The number of nitrogens with one attached hydrogen (secondary N) is 2. The van der Waals surface area contributed by atoms with E-state index in [2.05, 4.69) is 10.6 Å². The smallest absolute Gasteiger partial charge is 0.359 e. The zero-order chi connectivity index (χ0) is 17.0. The third-order valence-electron chi connectivity index (χ3n) is 3.74. The Morgan fingerprint density at radius 3 is 2.83 bits per heavy atom. The monoisotopic (exact) mass is 329 g/mol. The number of amides is 2. The minimum Gasteiger partial charge on any atom is -0.359 e. The fourth-order valence-corrected chi connectivity index (χ4v) is 2.53. The Bertz CT molecular complexity index is 590. The maximum absolute atomic E-state index is 12.8. The van der Waals surface area contributed by atoms with Gasteiger partial charge in [0, 0.05) is 26.7 Å². The second-order valence-corrected chi connectivity index (χ2v) is 5.35. The van der Waals surface area contributed by atoms with Crippen molar-refractivity contribution in [3.63, 3.8) is 0 Å². The van der Waals surface area contributed by atoms with E-state index in [9.17, 15) is 22.8 Å². The van der Waals surface area contributed by atoms with Gasteiger partial charge < -0.3 is 10.6 Å². The normalized spacial score (nSPS) is 19.3. The molecule has 0 spiro atoms. The average molecular weight is 329 g/mol. The zero-order valence-corrected chi connectivity index (χ0v) is 12.6. The molecule has 1 fully saturated rings. The first-order valence-corrected chi connectivity index (χ1v) is 7.19. The van der Waals surface area contributed by atoms with E-state index in [1.807, 2.05) is 0 Å². The number of rotatable bonds is 4. The van der Waals surface area contributed by atoms with Gasteiger partial charge in [-0.2, -0.15) is 13.2 Å². The lowest BCUT2D eigenvalue weighted by molar-refractivity contribution is -0.137. The Labute approximate surface area is 131 Å². The number of carbonyl (C=O) groups is 2. The van der Waals surface area contributed by atoms with E-state index in [4.69, 9.17) is 0 Å². The summed E-state index contributed by atoms with van der Waals surface area (Å²) in [5, 5.41) is 5.12. The lowest BCUT2D eigenvalue weighted by Crippen LogP contribution is -2.56. The summed E-state index contributed by atoms with van der Waals surface area (Å²) in [6.45, 7) is 1.06. The standard InChI is InChI=1S/C15H18F3N3O2/c1-19-13(22)8-12-14(23)20-5-6-21(12)9-10-3-2-4-11(7-10)15(16,17)18/h2-4,7,12H,5-6,8-9H2,1H3,(H,19,22)(H,20,23)/t12-/m0/s1. The van der Waals surface area contributed by atoms with Crippen molar-refractivity contribution in [1.29, 1.82) is 0 Å². The number of hydrogen-bond acceptors (Lipinski definition) is 3. The molecule has 0 radical (unpaired) electrons. The van der Waals surface area contributed by atoms with Crippen LogP contribution >= 0.6 is 0 Å². The van der Waals surface area contributed by atoms with Crippen LogP contribution in [-0.4, -0.2) is 42.9 Å². The van der Waals surface area contributed by atoms with Crippen molar-refractivity contribution in [3.8, 4) is 0 Å². The molecule has 2 amide bonds. The predicted molar refractivity (Wildman–Crippen MR) is 77.3 cm³/mol. The molecule has 1 aromatic rings. The van der Waals surface area contributed by atoms with Gasteiger partial charge >= 0.3 is 6.18 Å². The number of halogens is 3. The average Bonchev–Trinajstić information content (AvgIpc) is 2.50. The van der Waals surface area contributed by atoms with Crippen molar-refractivity contribution in [2.75, 3.05) is 20.1 Å². The van der Waals surface area contributed by atoms with Gasteiger partial charge in [0.2, 0.25) is 11.8 Å². The van der Waals surface area contributed by atoms with Crippen LogP contribution in [0.15, 0.2) is 24.3 Å². The maximum atomic E-state index is 12.8. The molecule has 1 aliphatic heterocycles. The van der Waals surface area contributed by atoms with Crippen LogP contribution in [0.3, 0.4) is 0 Å². The molecule has 0 aromatic heterocycles. The van der Waals surface area contributed by atoms with Crippen LogP contribution in [0.1, 0.15) is 17.5 Å². The number of piperazine rings is 1. The first kappa shape index (κ1) is 17.3. The van der Waals surface area contributed by atoms with Gasteiger partial charge in [0.25, 0.3) is 0 Å². The molecule has 5 nitrogen and oxygen atoms in total. The van der Waals surface area contributed by atoms with Crippen LogP contribution in [-0.2, 0) is 22.3 Å². The Balaban J connectivity index is 2.16. The zero-order valence-electron chi connectivity index (χ0n) is 12.6. The summed E-state index contributed by atoms with van der Waals surface area (Å²) in [6, 6.07) is 4.32. The minimum atomic E-state index is -4.41. The molecule has 0 bridgehead atoms. The quantitative estimate of drug-likeness (QED) is 0.871. The summed E-state index contributed by atoms with van der Waals surface area (Å²) in [4.78, 5) is 25.2. The molecule has 1 saturated heterocycles. The van der Waals surface area contributed by atoms with Crippen LogP contribution in [0.4, 0.5) is 13.2 Å². The van der Waals surface area contributed by atoms with Crippen molar-refractivity contribution in [2.24, 2.45) is 0 Å². The molecule has 126 valence electrons. The van der Waals surface area contributed by atoms with Gasteiger partial charge in [-0.05, 0) is 11.6 Å². The van der Waals surface area contributed by atoms with Crippen molar-refractivity contribution in [1.82, 2.24) is 15.5 Å². The molecule has 23 heavy (non-hydrogen) atoms. The minimum absolute atomic E-state index is 0.0265. The SMILES string of the molecule is CNC(=O)C[C@H]1C(=O)NCCN1Cc1cccc(C(F)(F)F)c1. The van der Waals surface area contributed by atoms with Gasteiger partial charge in [-0.3, -0.25) is 14.5 Å². The molecular weight excluding hydrogens is 311 g/mol. The van der Waals surface area contributed by atoms with E-state index in [0.29, 0.717) is 18.7 Å². The fraction of sp³-hybridized carbons (Fsp3) is 0.467. The molecule has 1 aliphatic rings. The lowest BCUT2D eigenvalue weighted by atomic mass is 10.1. The first-order chi connectivity index (χ1) is 10.8. The van der Waals surface area contributed by atoms with E-state index in [1.54, 1.807) is 11.0 Å². The topological polar surface area (TPSA) is 61.4 Å². The van der Waals surface area contributed by atoms with Crippen molar-refractivity contribution < 1.29 is 22.8 Å². The summed E-state index contributed by atoms with van der Waals surface area (Å²) in [6.07, 6.45) is -4.43. The molecule has 0 saturated carbocycles. The molecule has 8 heteroatoms. The predicted octanol–water partition coefficient (Wildman–Crippen LogP) is 1.14. The van der Waals surface area contributed by atoms with Gasteiger partial charge in [-0.25, -0.2) is 0 Å². The Morgan fingerprint density at radius 2 is 2.17 bits per heavy atom. The highest BCUT2D eigenvalue weighted by molar-refractivity contribution is 5.88. The second-order valence-electron chi connectivity index (χ2n) is 5.35. The number of benzene rings is 1. The summed E-state index contributed by atoms with van der Waals surface area (Å²) in [5.41, 5.74) is -0.268. The second kappa shape index (κ2) is 6.99. The Hall–Kier alpha value is -2.09. The number of hydrogen-bond donors (Lipinski definition) is 2. The first-order valence-electron chi connectivity index (χ1n) is 7.19. The van der Waals surface area contributed by atoms with Gasteiger partial charge in [0.05, 0.1) is 18.0 Å². The fourth-order valence-electron chi connectivity index (χ4n) is 2.53. The molecule has 0 unspecified atom stereocenters. The lowest BCUT2D eigenvalue weighted by Gasteiger charge is -2.34. The molecule has 1 atom stereocenters. The molecule has 2 rings (SSSR count). The molecule has 1 heterocycles. The maximum Gasteiger partial charge on any atom is 0.416 e. The molecule has 1 aromatic carbocycles. The van der Waals surface area contributed by atoms with E-state index in [1.165, 1.54) is 13.1 Å². The van der Waals surface area contributed by atoms with E-state index in [-0.39, 0.29) is 24.8 Å². The highest BCUT2D eigenvalue weighted by atomic mass is 19.4. The van der Waals surface area contributed by atoms with Crippen molar-refractivity contribution >= 4 is 11.8 Å². The van der Waals surface area contributed by atoms with E-state index < -0.39 is 17.8 Å². The van der Waals surface area contributed by atoms with Gasteiger partial charge in [0.15, 0.2) is 0 Å². The van der Waals surface area contributed by atoms with Gasteiger partial charge in [0.1, 0.15) is 0 Å². The number of alkyl halides is 3. The molecule has 0 aliphatic carbocycles. The number of carbonyl (C=O) groups excluding carboxylic acids is 2. The van der Waals surface area contributed by atoms with Crippen molar-refractivity contribution in [3.05, 3.63) is 35.4 Å². The summed E-state index contributed by atoms with van der Waals surface area (Å²) < 4.78 is 38.3. The summed E-state index contributed by atoms with van der Waals surface area (Å²) >= 11 is 0. The van der Waals surface area contributed by atoms with E-state index >= 15 is 0 Å². The largest absolute Gasteiger partial charge is 0.416 e. The van der Waals surface area contributed by atoms with Gasteiger partial charge in [-0.1, -0.05) is 18.2 Å². The van der Waals surface area contributed by atoms with E-state index in [0.717, 1.165) is 12.1 Å². The highest BCUT2D eigenvalue weighted by Gasteiger charge is 2.33. The third kappa shape index (κ3) is 4.44. The Morgan fingerprint density at radius 1 is 1.43 bits per heavy atom. The molecular formula is C15H18F3N3O2. The van der Waals surface area contributed by atoms with Crippen molar-refractivity contribution in [2.45, 2.75) is 25.2 Å². The summed E-state index contributed by atoms with van der Waals surface area (Å²) in [7, 11) is 1.47. The van der Waals surface area contributed by atoms with Crippen LogP contribution in [0, 0.1) is 0 Å². The highest BCUT2D eigenvalue weighted by Crippen LogP contribution is 2.30. The molecule has 2 N–H and O–H groups in total. The van der Waals surface area contributed by atoms with Crippen LogP contribution in [0.25, 0.3) is 0 Å². The summed E-state index contributed by atoms with van der Waals surface area (Å²) in [5.74, 6) is -0.576. The third-order valence-corrected chi connectivity index (χ3v) is 3.74. The Kier molecular flexibility index (Phi) is 5.25. The van der Waals surface area contributed by atoms with Gasteiger partial charge in [-0.15, -0.1) is 0 Å². The van der Waals surface area contributed by atoms with Crippen LogP contribution in [0.2, 0.25) is 0 Å². The number of nitrogens with zero attached hydrogens (tertiary/aromatic N) is 1.